The zero-order valence-electron chi connectivity index (χ0n) is 24.9. The lowest BCUT2D eigenvalue weighted by Gasteiger charge is -2.30. The summed E-state index contributed by atoms with van der Waals surface area (Å²) in [7, 11) is 3.19. The van der Waals surface area contributed by atoms with Crippen molar-refractivity contribution in [1.29, 1.82) is 0 Å². The summed E-state index contributed by atoms with van der Waals surface area (Å²) in [6, 6.07) is 5.34. The van der Waals surface area contributed by atoms with Gasteiger partial charge in [-0.2, -0.15) is 0 Å². The van der Waals surface area contributed by atoms with E-state index in [1.807, 2.05) is 12.1 Å². The molecule has 2 aromatic carbocycles. The van der Waals surface area contributed by atoms with Gasteiger partial charge in [-0.15, -0.1) is 0 Å². The molecular weight excluding hydrogens is 508 g/mol. The smallest absolute Gasteiger partial charge is 0.174 e. The summed E-state index contributed by atoms with van der Waals surface area (Å²) in [5.41, 5.74) is 4.31. The Hall–Kier alpha value is -3.29. The molecule has 0 radical (unpaired) electrons. The number of ether oxygens (including phenoxy) is 3. The van der Waals surface area contributed by atoms with E-state index in [0.717, 1.165) is 24.0 Å². The molecule has 2 aromatic rings. The van der Waals surface area contributed by atoms with Crippen molar-refractivity contribution in [1.82, 2.24) is 0 Å². The van der Waals surface area contributed by atoms with Gasteiger partial charge in [-0.05, 0) is 84.4 Å². The standard InChI is InChI=1S/C33H44O7/c1-20(2)9-8-10-21(3)11-12-25-24(13-14-27(38-6)32(25)39-7)28-18-26(35)30-29(40-28)17-22(19-34)23(31(30)36)15-16-33(4,5)37/h9,11,13-14,17,28,34,36-37H,8,10,12,15-16,18-19H2,1-7H3/b21-11+/t28-/m0/s1. The molecule has 0 spiro atoms. The minimum atomic E-state index is -0.955. The molecule has 218 valence electrons. The van der Waals surface area contributed by atoms with Crippen LogP contribution in [0.25, 0.3) is 0 Å². The number of Topliss-reactive ketones (excluding diaryl/α,β-unsaturated/α-hetero) is 1. The van der Waals surface area contributed by atoms with Crippen LogP contribution in [0.3, 0.4) is 0 Å². The van der Waals surface area contributed by atoms with E-state index in [1.54, 1.807) is 34.1 Å². The molecule has 1 heterocycles. The predicted molar refractivity (Wildman–Crippen MR) is 157 cm³/mol. The van der Waals surface area contributed by atoms with Gasteiger partial charge >= 0.3 is 0 Å². The van der Waals surface area contributed by atoms with E-state index in [0.29, 0.717) is 41.9 Å². The minimum Gasteiger partial charge on any atom is -0.507 e. The average Bonchev–Trinajstić information content (AvgIpc) is 2.89. The molecule has 3 N–H and O–H groups in total. The maximum Gasteiger partial charge on any atom is 0.174 e. The van der Waals surface area contributed by atoms with Crippen molar-refractivity contribution in [3.63, 3.8) is 0 Å². The van der Waals surface area contributed by atoms with Gasteiger partial charge in [0.2, 0.25) is 0 Å². The molecule has 0 unspecified atom stereocenters. The van der Waals surface area contributed by atoms with Gasteiger partial charge in [-0.25, -0.2) is 0 Å². The summed E-state index contributed by atoms with van der Waals surface area (Å²) >= 11 is 0. The average molecular weight is 553 g/mol. The van der Waals surface area contributed by atoms with Crippen LogP contribution in [0.15, 0.2) is 41.5 Å². The highest BCUT2D eigenvalue weighted by Gasteiger charge is 2.34. The maximum atomic E-state index is 13.4. The third-order valence-corrected chi connectivity index (χ3v) is 7.32. The van der Waals surface area contributed by atoms with Gasteiger partial charge in [-0.1, -0.05) is 29.4 Å². The Labute approximate surface area is 238 Å². The van der Waals surface area contributed by atoms with Gasteiger partial charge in [-0.3, -0.25) is 4.79 Å². The Kier molecular flexibility index (Phi) is 10.4. The highest BCUT2D eigenvalue weighted by molar-refractivity contribution is 6.03. The summed E-state index contributed by atoms with van der Waals surface area (Å²) in [6.45, 7) is 9.33. The Morgan fingerprint density at radius 1 is 1.12 bits per heavy atom. The number of aliphatic hydroxyl groups is 2. The van der Waals surface area contributed by atoms with Crippen LogP contribution in [0.2, 0.25) is 0 Å². The largest absolute Gasteiger partial charge is 0.507 e. The molecule has 0 amide bonds. The van der Waals surface area contributed by atoms with Crippen molar-refractivity contribution in [2.75, 3.05) is 14.2 Å². The van der Waals surface area contributed by atoms with E-state index in [2.05, 4.69) is 32.9 Å². The zero-order valence-corrected chi connectivity index (χ0v) is 24.9. The van der Waals surface area contributed by atoms with Gasteiger partial charge in [0.25, 0.3) is 0 Å². The molecule has 0 aliphatic carbocycles. The third kappa shape index (κ3) is 7.46. The van der Waals surface area contributed by atoms with Gasteiger partial charge < -0.3 is 29.5 Å². The van der Waals surface area contributed by atoms with E-state index in [1.165, 1.54) is 11.1 Å². The normalized spacial score (nSPS) is 15.4. The van der Waals surface area contributed by atoms with Crippen molar-refractivity contribution in [2.24, 2.45) is 0 Å². The molecular formula is C33H44O7. The number of carbonyl (C=O) groups is 1. The highest BCUT2D eigenvalue weighted by atomic mass is 16.5. The van der Waals surface area contributed by atoms with E-state index < -0.39 is 11.7 Å². The fourth-order valence-corrected chi connectivity index (χ4v) is 5.07. The number of aromatic hydroxyl groups is 1. The predicted octanol–water partition coefficient (Wildman–Crippen LogP) is 6.55. The van der Waals surface area contributed by atoms with Crippen LogP contribution in [-0.2, 0) is 19.4 Å². The lowest BCUT2D eigenvalue weighted by molar-refractivity contribution is 0.0710. The van der Waals surface area contributed by atoms with Gasteiger partial charge in [0.1, 0.15) is 23.2 Å². The Morgan fingerprint density at radius 3 is 2.45 bits per heavy atom. The van der Waals surface area contributed by atoms with Crippen LogP contribution >= 0.6 is 0 Å². The maximum absolute atomic E-state index is 13.4. The van der Waals surface area contributed by atoms with Crippen molar-refractivity contribution >= 4 is 5.78 Å². The molecule has 1 aliphatic rings. The monoisotopic (exact) mass is 552 g/mol. The minimum absolute atomic E-state index is 0.0374. The van der Waals surface area contributed by atoms with Crippen LogP contribution < -0.4 is 14.2 Å². The van der Waals surface area contributed by atoms with Gasteiger partial charge in [0.15, 0.2) is 17.3 Å². The Balaban J connectivity index is 2.01. The Morgan fingerprint density at radius 2 is 1.85 bits per heavy atom. The molecule has 0 fully saturated rings. The van der Waals surface area contributed by atoms with Crippen LogP contribution in [0.5, 0.6) is 23.0 Å². The molecule has 3 rings (SSSR count). The van der Waals surface area contributed by atoms with Crippen molar-refractivity contribution in [3.05, 3.63) is 69.3 Å². The number of phenolic OH excluding ortho intramolecular Hbond substituents is 1. The summed E-state index contributed by atoms with van der Waals surface area (Å²) in [5.74, 6) is 1.000. The summed E-state index contributed by atoms with van der Waals surface area (Å²) in [6.07, 6.45) is 6.98. The number of ketones is 1. The van der Waals surface area contributed by atoms with Crippen LogP contribution in [-0.4, -0.2) is 40.9 Å². The summed E-state index contributed by atoms with van der Waals surface area (Å²) in [5, 5.41) is 31.3. The molecule has 0 aromatic heterocycles. The second-order valence-electron chi connectivity index (χ2n) is 11.4. The first kappa shape index (κ1) is 31.2. The first-order chi connectivity index (χ1) is 18.9. The number of hydrogen-bond donors (Lipinski definition) is 3. The molecule has 1 aliphatic heterocycles. The first-order valence-electron chi connectivity index (χ1n) is 13.8. The number of carbonyl (C=O) groups excluding carboxylic acids is 1. The lowest BCUT2D eigenvalue weighted by Crippen LogP contribution is -2.23. The van der Waals surface area contributed by atoms with Crippen LogP contribution in [0.4, 0.5) is 0 Å². The Bertz CT molecular complexity index is 1280. The van der Waals surface area contributed by atoms with Crippen molar-refractivity contribution < 1.29 is 34.3 Å². The number of aliphatic hydroxyl groups excluding tert-OH is 1. The zero-order chi connectivity index (χ0) is 29.6. The van der Waals surface area contributed by atoms with E-state index in [9.17, 15) is 20.1 Å². The van der Waals surface area contributed by atoms with E-state index >= 15 is 0 Å². The fourth-order valence-electron chi connectivity index (χ4n) is 5.07. The number of methoxy groups -OCH3 is 2. The molecule has 40 heavy (non-hydrogen) atoms. The molecule has 7 nitrogen and oxygen atoms in total. The number of hydrogen-bond acceptors (Lipinski definition) is 7. The number of fused-ring (bicyclic) bond motifs is 1. The second-order valence-corrected chi connectivity index (χ2v) is 11.4. The molecule has 0 saturated carbocycles. The number of allylic oxidation sites excluding steroid dienone is 4. The molecule has 1 atom stereocenters. The molecule has 7 heteroatoms. The lowest BCUT2D eigenvalue weighted by atomic mass is 9.87. The number of phenols is 1. The topological polar surface area (TPSA) is 105 Å². The summed E-state index contributed by atoms with van der Waals surface area (Å²) < 4.78 is 17.7. The van der Waals surface area contributed by atoms with Gasteiger partial charge in [0, 0.05) is 16.7 Å². The van der Waals surface area contributed by atoms with Crippen molar-refractivity contribution in [2.45, 2.75) is 91.5 Å². The summed E-state index contributed by atoms with van der Waals surface area (Å²) in [4.78, 5) is 13.4. The number of benzene rings is 2. The SMILES string of the molecule is COc1ccc([C@@H]2CC(=O)c3c(cc(CO)c(CCC(C)(C)O)c3O)O2)c(C/C=C(\C)CCC=C(C)C)c1OC. The van der Waals surface area contributed by atoms with Gasteiger partial charge in [0.05, 0.1) is 32.8 Å². The molecule has 0 saturated heterocycles. The third-order valence-electron chi connectivity index (χ3n) is 7.32. The quantitative estimate of drug-likeness (QED) is 0.257. The van der Waals surface area contributed by atoms with E-state index in [-0.39, 0.29) is 35.9 Å². The number of rotatable bonds is 12. The molecule has 0 bridgehead atoms. The van der Waals surface area contributed by atoms with Crippen LogP contribution in [0.1, 0.15) is 99.0 Å². The fraction of sp³-hybridized carbons (Fsp3) is 0.485. The highest BCUT2D eigenvalue weighted by Crippen LogP contribution is 2.46. The van der Waals surface area contributed by atoms with E-state index in [4.69, 9.17) is 14.2 Å². The first-order valence-corrected chi connectivity index (χ1v) is 13.8. The second kappa shape index (κ2) is 13.4. The van der Waals surface area contributed by atoms with Crippen molar-refractivity contribution in [3.8, 4) is 23.0 Å². The van der Waals surface area contributed by atoms with Crippen LogP contribution in [0, 0.1) is 0 Å².